The van der Waals surface area contributed by atoms with E-state index in [1.807, 2.05) is 12.3 Å². The quantitative estimate of drug-likeness (QED) is 0.856. The first kappa shape index (κ1) is 14.0. The minimum absolute atomic E-state index is 0.508. The molecule has 5 nitrogen and oxygen atoms in total. The molecule has 0 saturated carbocycles. The van der Waals surface area contributed by atoms with Crippen LogP contribution in [0.4, 0.5) is 11.8 Å². The molecule has 0 saturated heterocycles. The van der Waals surface area contributed by atoms with E-state index in [-0.39, 0.29) is 0 Å². The van der Waals surface area contributed by atoms with E-state index in [4.69, 9.17) is 11.6 Å². The molecular formula is C12H16ClN5S. The van der Waals surface area contributed by atoms with Gasteiger partial charge in [-0.3, -0.25) is 0 Å². The molecule has 7 heteroatoms. The normalized spacial score (nSPS) is 10.5. The number of anilines is 2. The number of hydrogen-bond acceptors (Lipinski definition) is 6. The van der Waals surface area contributed by atoms with E-state index >= 15 is 0 Å². The van der Waals surface area contributed by atoms with Crippen LogP contribution in [0, 0.1) is 6.92 Å². The molecule has 0 aromatic carbocycles. The number of aryl methyl sites for hydroxylation is 1. The predicted octanol–water partition coefficient (Wildman–Crippen LogP) is 3.33. The lowest BCUT2D eigenvalue weighted by atomic mass is 10.4. The molecule has 0 unspecified atom stereocenters. The molecule has 0 bridgehead atoms. The summed E-state index contributed by atoms with van der Waals surface area (Å²) in [7, 11) is 0. The number of thiazole rings is 1. The molecule has 0 aliphatic heterocycles. The highest BCUT2D eigenvalue weighted by Crippen LogP contribution is 2.20. The molecule has 0 amide bonds. The minimum Gasteiger partial charge on any atom is -0.363 e. The Labute approximate surface area is 121 Å². The van der Waals surface area contributed by atoms with Gasteiger partial charge in [0.15, 0.2) is 5.82 Å². The maximum Gasteiger partial charge on any atom is 0.224 e. The van der Waals surface area contributed by atoms with Crippen LogP contribution in [-0.4, -0.2) is 21.5 Å². The lowest BCUT2D eigenvalue weighted by Gasteiger charge is -2.08. The number of nitrogens with one attached hydrogen (secondary N) is 2. The average Bonchev–Trinajstić information content (AvgIpc) is 2.82. The van der Waals surface area contributed by atoms with Crippen molar-refractivity contribution >= 4 is 34.7 Å². The summed E-state index contributed by atoms with van der Waals surface area (Å²) in [6.45, 7) is 5.52. The predicted molar refractivity (Wildman–Crippen MR) is 80.0 cm³/mol. The maximum atomic E-state index is 6.07. The summed E-state index contributed by atoms with van der Waals surface area (Å²) in [5.41, 5.74) is 0.986. The van der Waals surface area contributed by atoms with Gasteiger partial charge in [0.25, 0.3) is 0 Å². The number of rotatable bonds is 6. The van der Waals surface area contributed by atoms with Crippen LogP contribution in [0.5, 0.6) is 0 Å². The number of hydrogen-bond donors (Lipinski definition) is 2. The Kier molecular flexibility index (Phi) is 4.93. The monoisotopic (exact) mass is 297 g/mol. The Balaban J connectivity index is 2.02. The molecule has 2 rings (SSSR count). The third-order valence-electron chi connectivity index (χ3n) is 2.38. The lowest BCUT2D eigenvalue weighted by Crippen LogP contribution is -2.08. The van der Waals surface area contributed by atoms with Crippen molar-refractivity contribution in [2.24, 2.45) is 0 Å². The average molecular weight is 298 g/mol. The van der Waals surface area contributed by atoms with Crippen molar-refractivity contribution < 1.29 is 0 Å². The van der Waals surface area contributed by atoms with Crippen LogP contribution in [0.15, 0.2) is 11.6 Å². The molecule has 2 N–H and O–H groups in total. The Bertz CT molecular complexity index is 543. The molecule has 0 radical (unpaired) electrons. The summed E-state index contributed by atoms with van der Waals surface area (Å²) in [6, 6.07) is 0. The smallest absolute Gasteiger partial charge is 0.224 e. The van der Waals surface area contributed by atoms with Crippen molar-refractivity contribution in [3.05, 3.63) is 27.3 Å². The highest BCUT2D eigenvalue weighted by atomic mass is 35.5. The van der Waals surface area contributed by atoms with E-state index in [9.17, 15) is 0 Å². The van der Waals surface area contributed by atoms with Crippen LogP contribution in [-0.2, 0) is 6.54 Å². The maximum absolute atomic E-state index is 6.07. The zero-order valence-corrected chi connectivity index (χ0v) is 12.5. The third kappa shape index (κ3) is 4.04. The number of halogens is 1. The molecule has 0 aliphatic rings. The standard InChI is InChI=1S/C12H16ClN5S/c1-3-4-14-12-16-6-10(13)11(18-12)15-5-9-7-19-8(2)17-9/h6-7H,3-5H2,1-2H3,(H2,14,15,16,18). The van der Waals surface area contributed by atoms with Crippen LogP contribution in [0.1, 0.15) is 24.0 Å². The topological polar surface area (TPSA) is 62.7 Å². The zero-order valence-electron chi connectivity index (χ0n) is 10.9. The van der Waals surface area contributed by atoms with E-state index < -0.39 is 0 Å². The van der Waals surface area contributed by atoms with Gasteiger partial charge >= 0.3 is 0 Å². The van der Waals surface area contributed by atoms with Gasteiger partial charge in [-0.25, -0.2) is 9.97 Å². The highest BCUT2D eigenvalue weighted by Gasteiger charge is 2.06. The van der Waals surface area contributed by atoms with Gasteiger partial charge in [-0.15, -0.1) is 11.3 Å². The molecule has 102 valence electrons. The van der Waals surface area contributed by atoms with Crippen LogP contribution in [0.2, 0.25) is 5.02 Å². The summed E-state index contributed by atoms with van der Waals surface area (Å²) >= 11 is 7.70. The Morgan fingerprint density at radius 2 is 2.16 bits per heavy atom. The molecule has 0 atom stereocenters. The van der Waals surface area contributed by atoms with Crippen molar-refractivity contribution in [2.45, 2.75) is 26.8 Å². The van der Waals surface area contributed by atoms with Crippen LogP contribution in [0.25, 0.3) is 0 Å². The summed E-state index contributed by atoms with van der Waals surface area (Å²) in [6.07, 6.45) is 2.62. The fourth-order valence-corrected chi connectivity index (χ4v) is 2.25. The van der Waals surface area contributed by atoms with Gasteiger partial charge < -0.3 is 10.6 Å². The Morgan fingerprint density at radius 3 is 2.84 bits per heavy atom. The van der Waals surface area contributed by atoms with Gasteiger partial charge in [-0.1, -0.05) is 18.5 Å². The van der Waals surface area contributed by atoms with E-state index in [1.165, 1.54) is 0 Å². The summed E-state index contributed by atoms with van der Waals surface area (Å²) in [4.78, 5) is 12.9. The molecule has 0 spiro atoms. The summed E-state index contributed by atoms with van der Waals surface area (Å²) in [5.74, 6) is 1.21. The number of nitrogens with zero attached hydrogens (tertiary/aromatic N) is 3. The lowest BCUT2D eigenvalue weighted by molar-refractivity contribution is 0.948. The van der Waals surface area contributed by atoms with Crippen LogP contribution in [0.3, 0.4) is 0 Å². The van der Waals surface area contributed by atoms with Crippen LogP contribution >= 0.6 is 22.9 Å². The number of aromatic nitrogens is 3. The van der Waals surface area contributed by atoms with Gasteiger partial charge in [-0.05, 0) is 13.3 Å². The molecule has 2 aromatic rings. The van der Waals surface area contributed by atoms with E-state index in [0.717, 1.165) is 23.7 Å². The molecule has 19 heavy (non-hydrogen) atoms. The third-order valence-corrected chi connectivity index (χ3v) is 3.48. The van der Waals surface area contributed by atoms with E-state index in [0.29, 0.717) is 23.3 Å². The largest absolute Gasteiger partial charge is 0.363 e. The van der Waals surface area contributed by atoms with E-state index in [1.54, 1.807) is 17.5 Å². The van der Waals surface area contributed by atoms with Gasteiger partial charge in [0.05, 0.1) is 23.4 Å². The van der Waals surface area contributed by atoms with Crippen molar-refractivity contribution in [1.82, 2.24) is 15.0 Å². The molecule has 0 aliphatic carbocycles. The molecule has 2 heterocycles. The van der Waals surface area contributed by atoms with Crippen molar-refractivity contribution in [3.63, 3.8) is 0 Å². The first-order valence-electron chi connectivity index (χ1n) is 6.10. The SMILES string of the molecule is CCCNc1ncc(Cl)c(NCc2csc(C)n2)n1. The first-order valence-corrected chi connectivity index (χ1v) is 7.36. The fourth-order valence-electron chi connectivity index (χ4n) is 1.48. The van der Waals surface area contributed by atoms with Crippen molar-refractivity contribution in [3.8, 4) is 0 Å². The van der Waals surface area contributed by atoms with Gasteiger partial charge in [-0.2, -0.15) is 4.98 Å². The zero-order chi connectivity index (χ0) is 13.7. The minimum atomic E-state index is 0.508. The van der Waals surface area contributed by atoms with Gasteiger partial charge in [0.2, 0.25) is 5.95 Å². The second-order valence-electron chi connectivity index (χ2n) is 4.03. The second kappa shape index (κ2) is 6.68. The Hall–Kier alpha value is -1.40. The van der Waals surface area contributed by atoms with Crippen molar-refractivity contribution in [1.29, 1.82) is 0 Å². The van der Waals surface area contributed by atoms with Crippen LogP contribution < -0.4 is 10.6 Å². The van der Waals surface area contributed by atoms with Gasteiger partial charge in [0, 0.05) is 11.9 Å². The fraction of sp³-hybridized carbons (Fsp3) is 0.417. The highest BCUT2D eigenvalue weighted by molar-refractivity contribution is 7.09. The Morgan fingerprint density at radius 1 is 1.32 bits per heavy atom. The van der Waals surface area contributed by atoms with Crippen molar-refractivity contribution in [2.75, 3.05) is 17.2 Å². The second-order valence-corrected chi connectivity index (χ2v) is 5.50. The van der Waals surface area contributed by atoms with E-state index in [2.05, 4.69) is 32.5 Å². The van der Waals surface area contributed by atoms with Gasteiger partial charge in [0.1, 0.15) is 5.02 Å². The molecule has 0 fully saturated rings. The molecule has 2 aromatic heterocycles. The first-order chi connectivity index (χ1) is 9.19. The summed E-state index contributed by atoms with van der Waals surface area (Å²) in [5, 5.41) is 9.89. The summed E-state index contributed by atoms with van der Waals surface area (Å²) < 4.78 is 0. The molecular weight excluding hydrogens is 282 g/mol.